The molecule has 0 bridgehead atoms. The van der Waals surface area contributed by atoms with E-state index >= 15 is 0 Å². The molecule has 6 heteroatoms. The van der Waals surface area contributed by atoms with Crippen LogP contribution in [0.5, 0.6) is 5.75 Å². The van der Waals surface area contributed by atoms with Gasteiger partial charge in [-0.3, -0.25) is 9.69 Å². The van der Waals surface area contributed by atoms with Gasteiger partial charge in [0.15, 0.2) is 0 Å². The maximum absolute atomic E-state index is 12.3. The monoisotopic (exact) mass is 417 g/mol. The molecule has 3 rings (SSSR count). The van der Waals surface area contributed by atoms with Crippen LogP contribution in [0.4, 0.5) is 11.4 Å². The lowest BCUT2D eigenvalue weighted by atomic mass is 10.2. The lowest BCUT2D eigenvalue weighted by Gasteiger charge is -2.35. The van der Waals surface area contributed by atoms with E-state index in [-0.39, 0.29) is 5.91 Å². The molecule has 0 unspecified atom stereocenters. The SMILES string of the molecule is COc1ccc(N2CCN(CC(=O)Nc3ccc(Br)c(C)c3)CC2)cc1. The summed E-state index contributed by atoms with van der Waals surface area (Å²) < 4.78 is 6.25. The highest BCUT2D eigenvalue weighted by Crippen LogP contribution is 2.21. The Bertz CT molecular complexity index is 756. The number of hydrogen-bond acceptors (Lipinski definition) is 4. The van der Waals surface area contributed by atoms with Gasteiger partial charge in [-0.15, -0.1) is 0 Å². The second-order valence-corrected chi connectivity index (χ2v) is 7.33. The third-order valence-electron chi connectivity index (χ3n) is 4.62. The molecule has 2 aromatic carbocycles. The number of carbonyl (C=O) groups excluding carboxylic acids is 1. The summed E-state index contributed by atoms with van der Waals surface area (Å²) >= 11 is 3.48. The van der Waals surface area contributed by atoms with Crippen molar-refractivity contribution in [1.29, 1.82) is 0 Å². The Labute approximate surface area is 163 Å². The number of rotatable bonds is 5. The van der Waals surface area contributed by atoms with Crippen LogP contribution in [0.15, 0.2) is 46.9 Å². The van der Waals surface area contributed by atoms with Crippen molar-refractivity contribution in [2.75, 3.05) is 50.1 Å². The Morgan fingerprint density at radius 3 is 2.42 bits per heavy atom. The van der Waals surface area contributed by atoms with E-state index in [0.717, 1.165) is 47.7 Å². The molecule has 1 aliphatic rings. The van der Waals surface area contributed by atoms with Gasteiger partial charge in [0.2, 0.25) is 5.91 Å². The predicted molar refractivity (Wildman–Crippen MR) is 109 cm³/mol. The average molecular weight is 418 g/mol. The van der Waals surface area contributed by atoms with Gasteiger partial charge in [-0.1, -0.05) is 15.9 Å². The summed E-state index contributed by atoms with van der Waals surface area (Å²) in [7, 11) is 1.68. The number of carbonyl (C=O) groups is 1. The summed E-state index contributed by atoms with van der Waals surface area (Å²) in [5, 5.41) is 2.98. The highest BCUT2D eigenvalue weighted by molar-refractivity contribution is 9.10. The fourth-order valence-electron chi connectivity index (χ4n) is 3.08. The van der Waals surface area contributed by atoms with Crippen LogP contribution in [0.3, 0.4) is 0 Å². The number of benzene rings is 2. The van der Waals surface area contributed by atoms with Crippen LogP contribution < -0.4 is 15.0 Å². The minimum Gasteiger partial charge on any atom is -0.497 e. The first kappa shape index (κ1) is 18.7. The van der Waals surface area contributed by atoms with E-state index in [1.54, 1.807) is 7.11 Å². The molecule has 0 atom stereocenters. The number of amides is 1. The predicted octanol–water partition coefficient (Wildman–Crippen LogP) is 3.53. The maximum atomic E-state index is 12.3. The molecular weight excluding hydrogens is 394 g/mol. The molecule has 1 saturated heterocycles. The minimum absolute atomic E-state index is 0.0321. The fraction of sp³-hybridized carbons (Fsp3) is 0.350. The van der Waals surface area contributed by atoms with Crippen molar-refractivity contribution in [1.82, 2.24) is 4.90 Å². The first-order chi connectivity index (χ1) is 12.5. The van der Waals surface area contributed by atoms with Gasteiger partial charge < -0.3 is 15.0 Å². The largest absolute Gasteiger partial charge is 0.497 e. The number of halogens is 1. The first-order valence-electron chi connectivity index (χ1n) is 8.72. The third kappa shape index (κ3) is 4.77. The molecule has 138 valence electrons. The van der Waals surface area contributed by atoms with Gasteiger partial charge in [0, 0.05) is 42.0 Å². The van der Waals surface area contributed by atoms with Crippen molar-refractivity contribution < 1.29 is 9.53 Å². The number of hydrogen-bond donors (Lipinski definition) is 1. The van der Waals surface area contributed by atoms with Gasteiger partial charge in [0.25, 0.3) is 0 Å². The third-order valence-corrected chi connectivity index (χ3v) is 5.51. The van der Waals surface area contributed by atoms with E-state index < -0.39 is 0 Å². The van der Waals surface area contributed by atoms with E-state index in [4.69, 9.17) is 4.74 Å². The number of piperazine rings is 1. The second kappa shape index (κ2) is 8.56. The van der Waals surface area contributed by atoms with Gasteiger partial charge in [0.05, 0.1) is 13.7 Å². The number of aryl methyl sites for hydroxylation is 1. The van der Waals surface area contributed by atoms with Crippen LogP contribution in [0.2, 0.25) is 0 Å². The summed E-state index contributed by atoms with van der Waals surface area (Å²) in [6, 6.07) is 14.0. The summed E-state index contributed by atoms with van der Waals surface area (Å²) in [4.78, 5) is 16.8. The maximum Gasteiger partial charge on any atom is 0.238 e. The number of nitrogens with zero attached hydrogens (tertiary/aromatic N) is 2. The normalized spacial score (nSPS) is 15.0. The average Bonchev–Trinajstić information content (AvgIpc) is 2.65. The highest BCUT2D eigenvalue weighted by Gasteiger charge is 2.19. The first-order valence-corrected chi connectivity index (χ1v) is 9.52. The molecule has 0 radical (unpaired) electrons. The Morgan fingerprint density at radius 1 is 1.12 bits per heavy atom. The summed E-state index contributed by atoms with van der Waals surface area (Å²) in [6.07, 6.45) is 0. The molecule has 2 aromatic rings. The molecular formula is C20H24BrN3O2. The van der Waals surface area contributed by atoms with Crippen molar-refractivity contribution in [3.05, 3.63) is 52.5 Å². The van der Waals surface area contributed by atoms with Gasteiger partial charge in [-0.05, 0) is 55.0 Å². The van der Waals surface area contributed by atoms with E-state index in [0.29, 0.717) is 6.54 Å². The molecule has 0 aromatic heterocycles. The Hall–Kier alpha value is -2.05. The standard InChI is InChI=1S/C20H24BrN3O2/c1-15-13-16(3-8-19(15)21)22-20(25)14-23-9-11-24(12-10-23)17-4-6-18(26-2)7-5-17/h3-8,13H,9-12,14H2,1-2H3,(H,22,25). The lowest BCUT2D eigenvalue weighted by molar-refractivity contribution is -0.117. The van der Waals surface area contributed by atoms with E-state index in [1.807, 2.05) is 37.3 Å². The Balaban J connectivity index is 1.48. The molecule has 0 saturated carbocycles. The van der Waals surface area contributed by atoms with Crippen molar-refractivity contribution in [2.45, 2.75) is 6.92 Å². The molecule has 26 heavy (non-hydrogen) atoms. The summed E-state index contributed by atoms with van der Waals surface area (Å²) in [5.41, 5.74) is 3.14. The molecule has 1 amide bonds. The zero-order valence-corrected chi connectivity index (χ0v) is 16.8. The van der Waals surface area contributed by atoms with Gasteiger partial charge in [-0.2, -0.15) is 0 Å². The molecule has 0 aliphatic carbocycles. The second-order valence-electron chi connectivity index (χ2n) is 6.47. The highest BCUT2D eigenvalue weighted by atomic mass is 79.9. The van der Waals surface area contributed by atoms with E-state index in [1.165, 1.54) is 5.69 Å². The number of nitrogens with one attached hydrogen (secondary N) is 1. The Morgan fingerprint density at radius 2 is 1.81 bits per heavy atom. The molecule has 1 aliphatic heterocycles. The van der Waals surface area contributed by atoms with Crippen molar-refractivity contribution in [3.8, 4) is 5.75 Å². The minimum atomic E-state index is 0.0321. The van der Waals surface area contributed by atoms with Crippen LogP contribution >= 0.6 is 15.9 Å². The Kier molecular flexibility index (Phi) is 6.16. The van der Waals surface area contributed by atoms with E-state index in [9.17, 15) is 4.79 Å². The van der Waals surface area contributed by atoms with Crippen LogP contribution in [0.1, 0.15) is 5.56 Å². The van der Waals surface area contributed by atoms with Gasteiger partial charge in [0.1, 0.15) is 5.75 Å². The fourth-order valence-corrected chi connectivity index (χ4v) is 3.33. The van der Waals surface area contributed by atoms with Crippen LogP contribution in [-0.4, -0.2) is 50.6 Å². The number of anilines is 2. The molecule has 0 spiro atoms. The topological polar surface area (TPSA) is 44.8 Å². The molecule has 1 N–H and O–H groups in total. The molecule has 5 nitrogen and oxygen atoms in total. The van der Waals surface area contributed by atoms with Gasteiger partial charge in [-0.25, -0.2) is 0 Å². The van der Waals surface area contributed by atoms with E-state index in [2.05, 4.69) is 43.2 Å². The number of methoxy groups -OCH3 is 1. The smallest absolute Gasteiger partial charge is 0.238 e. The van der Waals surface area contributed by atoms with Crippen LogP contribution in [0.25, 0.3) is 0 Å². The zero-order chi connectivity index (χ0) is 18.5. The lowest BCUT2D eigenvalue weighted by Crippen LogP contribution is -2.48. The number of ether oxygens (including phenoxy) is 1. The zero-order valence-electron chi connectivity index (χ0n) is 15.2. The van der Waals surface area contributed by atoms with Gasteiger partial charge >= 0.3 is 0 Å². The summed E-state index contributed by atoms with van der Waals surface area (Å²) in [5.74, 6) is 0.900. The quantitative estimate of drug-likeness (QED) is 0.807. The summed E-state index contributed by atoms with van der Waals surface area (Å²) in [6.45, 7) is 6.01. The molecule has 1 fully saturated rings. The molecule has 1 heterocycles. The van der Waals surface area contributed by atoms with Crippen LogP contribution in [-0.2, 0) is 4.79 Å². The van der Waals surface area contributed by atoms with Crippen molar-refractivity contribution in [3.63, 3.8) is 0 Å². The van der Waals surface area contributed by atoms with Crippen molar-refractivity contribution in [2.24, 2.45) is 0 Å². The van der Waals surface area contributed by atoms with Crippen LogP contribution in [0, 0.1) is 6.92 Å². The van der Waals surface area contributed by atoms with Crippen molar-refractivity contribution >= 4 is 33.2 Å².